The summed E-state index contributed by atoms with van der Waals surface area (Å²) in [5.74, 6) is 0.145. The molecule has 0 aliphatic carbocycles. The van der Waals surface area contributed by atoms with E-state index >= 15 is 0 Å². The second kappa shape index (κ2) is 8.50. The second-order valence-electron chi connectivity index (χ2n) is 7.64. The van der Waals surface area contributed by atoms with Crippen molar-refractivity contribution >= 4 is 0 Å². The Morgan fingerprint density at radius 2 is 1.61 bits per heavy atom. The van der Waals surface area contributed by atoms with E-state index in [2.05, 4.69) is 0 Å². The molecule has 2 aliphatic rings. The Morgan fingerprint density at radius 1 is 0.903 bits per heavy atom. The molecule has 0 spiro atoms. The van der Waals surface area contributed by atoms with E-state index in [1.165, 1.54) is 24.3 Å². The maximum atomic E-state index is 10.7. The molecule has 0 aromatic heterocycles. The molecule has 2 aromatic carbocycles. The van der Waals surface area contributed by atoms with Crippen molar-refractivity contribution in [2.45, 2.75) is 49.3 Å². The average Bonchev–Trinajstić information content (AvgIpc) is 2.75. The minimum Gasteiger partial charge on any atom is -0.508 e. The van der Waals surface area contributed by atoms with Crippen LogP contribution in [0.3, 0.4) is 0 Å². The van der Waals surface area contributed by atoms with Gasteiger partial charge in [0.25, 0.3) is 0 Å². The number of aliphatic hydroxyl groups excluding tert-OH is 5. The SMILES string of the molecule is OC[C@H]1O[C@@H](Oc2cc(O)cc3c2CC(O)C(c2ccc(O)cc2)O3)[C@H](O)[C@@H](O)[C@@H]1O. The number of hydrogen-bond donors (Lipinski definition) is 7. The van der Waals surface area contributed by atoms with Gasteiger partial charge in [0.2, 0.25) is 6.29 Å². The molecule has 1 fully saturated rings. The summed E-state index contributed by atoms with van der Waals surface area (Å²) in [5.41, 5.74) is 1.02. The first kappa shape index (κ1) is 21.6. The first-order valence-corrected chi connectivity index (χ1v) is 9.75. The molecule has 1 saturated heterocycles. The molecule has 0 amide bonds. The van der Waals surface area contributed by atoms with Crippen LogP contribution in [0.4, 0.5) is 0 Å². The van der Waals surface area contributed by atoms with E-state index in [4.69, 9.17) is 14.2 Å². The molecule has 7 atom stereocenters. The molecule has 2 aromatic rings. The van der Waals surface area contributed by atoms with Crippen LogP contribution in [0.15, 0.2) is 36.4 Å². The minimum absolute atomic E-state index is 0.0440. The van der Waals surface area contributed by atoms with Crippen LogP contribution in [0, 0.1) is 0 Å². The van der Waals surface area contributed by atoms with Gasteiger partial charge in [0.05, 0.1) is 12.7 Å². The summed E-state index contributed by atoms with van der Waals surface area (Å²) in [6, 6.07) is 8.77. The molecule has 2 heterocycles. The number of fused-ring (bicyclic) bond motifs is 1. The van der Waals surface area contributed by atoms with Gasteiger partial charge in [-0.25, -0.2) is 0 Å². The van der Waals surface area contributed by atoms with Crippen molar-refractivity contribution < 1.29 is 50.0 Å². The fourth-order valence-electron chi connectivity index (χ4n) is 3.79. The van der Waals surface area contributed by atoms with Gasteiger partial charge in [-0.3, -0.25) is 0 Å². The van der Waals surface area contributed by atoms with Gasteiger partial charge < -0.3 is 50.0 Å². The third kappa shape index (κ3) is 4.13. The molecular formula is C21H24O10. The van der Waals surface area contributed by atoms with Gasteiger partial charge >= 0.3 is 0 Å². The number of phenols is 2. The van der Waals surface area contributed by atoms with Crippen LogP contribution >= 0.6 is 0 Å². The van der Waals surface area contributed by atoms with Crippen molar-refractivity contribution in [3.63, 3.8) is 0 Å². The first-order chi connectivity index (χ1) is 14.8. The zero-order valence-electron chi connectivity index (χ0n) is 16.3. The molecule has 2 aliphatic heterocycles. The minimum atomic E-state index is -1.63. The van der Waals surface area contributed by atoms with Crippen molar-refractivity contribution in [2.75, 3.05) is 6.61 Å². The second-order valence-corrected chi connectivity index (χ2v) is 7.64. The maximum Gasteiger partial charge on any atom is 0.229 e. The van der Waals surface area contributed by atoms with Crippen LogP contribution in [-0.2, 0) is 11.2 Å². The molecule has 2 unspecified atom stereocenters. The van der Waals surface area contributed by atoms with Crippen LogP contribution in [0.1, 0.15) is 17.2 Å². The van der Waals surface area contributed by atoms with Crippen LogP contribution in [0.2, 0.25) is 0 Å². The highest BCUT2D eigenvalue weighted by molar-refractivity contribution is 5.52. The lowest BCUT2D eigenvalue weighted by Gasteiger charge is -2.40. The van der Waals surface area contributed by atoms with Crippen molar-refractivity contribution in [3.8, 4) is 23.0 Å². The number of phenolic OH excluding ortho intramolecular Hbond substituents is 2. The highest BCUT2D eigenvalue weighted by atomic mass is 16.7. The lowest BCUT2D eigenvalue weighted by molar-refractivity contribution is -0.277. The summed E-state index contributed by atoms with van der Waals surface area (Å²) in [5, 5.41) is 69.7. The zero-order valence-corrected chi connectivity index (χ0v) is 16.3. The fourth-order valence-corrected chi connectivity index (χ4v) is 3.79. The molecule has 0 bridgehead atoms. The first-order valence-electron chi connectivity index (χ1n) is 9.75. The average molecular weight is 436 g/mol. The van der Waals surface area contributed by atoms with E-state index in [0.717, 1.165) is 0 Å². The maximum absolute atomic E-state index is 10.7. The van der Waals surface area contributed by atoms with Crippen molar-refractivity contribution in [3.05, 3.63) is 47.5 Å². The number of hydrogen-bond acceptors (Lipinski definition) is 10. The molecule has 0 saturated carbocycles. The van der Waals surface area contributed by atoms with Gasteiger partial charge in [-0.1, -0.05) is 12.1 Å². The van der Waals surface area contributed by atoms with E-state index < -0.39 is 49.5 Å². The van der Waals surface area contributed by atoms with Crippen LogP contribution in [0.5, 0.6) is 23.0 Å². The summed E-state index contributed by atoms with van der Waals surface area (Å²) >= 11 is 0. The Kier molecular flexibility index (Phi) is 5.93. The van der Waals surface area contributed by atoms with Gasteiger partial charge in [0.1, 0.15) is 53.5 Å². The fraction of sp³-hybridized carbons (Fsp3) is 0.429. The van der Waals surface area contributed by atoms with E-state index in [-0.39, 0.29) is 29.4 Å². The van der Waals surface area contributed by atoms with E-state index in [9.17, 15) is 35.7 Å². The van der Waals surface area contributed by atoms with Crippen molar-refractivity contribution in [1.29, 1.82) is 0 Å². The van der Waals surface area contributed by atoms with Gasteiger partial charge in [-0.15, -0.1) is 0 Å². The van der Waals surface area contributed by atoms with Crippen LogP contribution in [0.25, 0.3) is 0 Å². The van der Waals surface area contributed by atoms with E-state index in [1.807, 2.05) is 0 Å². The Morgan fingerprint density at radius 3 is 2.29 bits per heavy atom. The Hall–Kier alpha value is -2.60. The summed E-state index contributed by atoms with van der Waals surface area (Å²) in [4.78, 5) is 0. The molecule has 10 heteroatoms. The molecule has 7 N–H and O–H groups in total. The normalized spacial score (nSPS) is 32.7. The summed E-state index contributed by atoms with van der Waals surface area (Å²) in [6.45, 7) is -0.612. The quantitative estimate of drug-likeness (QED) is 0.326. The molecule has 0 radical (unpaired) electrons. The van der Waals surface area contributed by atoms with Gasteiger partial charge in [0, 0.05) is 24.1 Å². The number of ether oxygens (including phenoxy) is 3. The monoisotopic (exact) mass is 436 g/mol. The third-order valence-corrected chi connectivity index (χ3v) is 5.48. The smallest absolute Gasteiger partial charge is 0.229 e. The number of benzene rings is 2. The number of aliphatic hydroxyl groups is 5. The predicted molar refractivity (Wildman–Crippen MR) is 104 cm³/mol. The molecular weight excluding hydrogens is 412 g/mol. The lowest BCUT2D eigenvalue weighted by atomic mass is 9.94. The van der Waals surface area contributed by atoms with Gasteiger partial charge in [-0.05, 0) is 17.7 Å². The summed E-state index contributed by atoms with van der Waals surface area (Å²) in [7, 11) is 0. The highest BCUT2D eigenvalue weighted by Crippen LogP contribution is 2.43. The lowest BCUT2D eigenvalue weighted by Crippen LogP contribution is -2.60. The number of rotatable bonds is 4. The zero-order chi connectivity index (χ0) is 22.3. The highest BCUT2D eigenvalue weighted by Gasteiger charge is 2.45. The predicted octanol–water partition coefficient (Wildman–Crippen LogP) is -0.686. The van der Waals surface area contributed by atoms with Gasteiger partial charge in [-0.2, -0.15) is 0 Å². The Bertz CT molecular complexity index is 915. The molecule has 168 valence electrons. The topological polar surface area (TPSA) is 169 Å². The molecule has 4 rings (SSSR count). The Labute approximate surface area is 177 Å². The van der Waals surface area contributed by atoms with Gasteiger partial charge in [0.15, 0.2) is 0 Å². The van der Waals surface area contributed by atoms with E-state index in [1.54, 1.807) is 12.1 Å². The largest absolute Gasteiger partial charge is 0.508 e. The van der Waals surface area contributed by atoms with Crippen LogP contribution in [-0.4, -0.2) is 79.2 Å². The van der Waals surface area contributed by atoms with E-state index in [0.29, 0.717) is 11.1 Å². The van der Waals surface area contributed by atoms with Crippen LogP contribution < -0.4 is 9.47 Å². The molecule has 10 nitrogen and oxygen atoms in total. The standard InChI is InChI=1S/C21H24O10/c22-8-16-17(26)18(27)19(28)21(31-16)30-15-6-11(24)5-14-12(15)7-13(25)20(29-14)9-1-3-10(23)4-2-9/h1-6,13,16-28H,7-8H2/t13?,16-,17-,18+,19-,20?,21-/m1/s1. The number of aromatic hydroxyl groups is 2. The summed E-state index contributed by atoms with van der Waals surface area (Å²) in [6.07, 6.45) is -9.05. The third-order valence-electron chi connectivity index (χ3n) is 5.48. The Balaban J connectivity index is 1.61. The van der Waals surface area contributed by atoms with Crippen molar-refractivity contribution in [2.24, 2.45) is 0 Å². The van der Waals surface area contributed by atoms with Crippen molar-refractivity contribution in [1.82, 2.24) is 0 Å². The summed E-state index contributed by atoms with van der Waals surface area (Å²) < 4.78 is 16.9. The molecule has 31 heavy (non-hydrogen) atoms.